The quantitative estimate of drug-likeness (QED) is 0.510. The van der Waals surface area contributed by atoms with Crippen LogP contribution in [0.15, 0.2) is 66.0 Å². The minimum atomic E-state index is -0.289. The molecule has 0 radical (unpaired) electrons. The van der Waals surface area contributed by atoms with Gasteiger partial charge in [0.2, 0.25) is 5.91 Å². The van der Waals surface area contributed by atoms with Crippen LogP contribution in [0, 0.1) is 0 Å². The van der Waals surface area contributed by atoms with E-state index in [0.29, 0.717) is 5.16 Å². The molecule has 0 saturated carbocycles. The number of nitrogen functional groups attached to an aromatic ring is 1. The number of amides is 1. The van der Waals surface area contributed by atoms with Gasteiger partial charge in [0.05, 0.1) is 23.2 Å². The highest BCUT2D eigenvalue weighted by Gasteiger charge is 2.25. The SMILES string of the molecule is CC(Sc1nc(-c2ccccc2)cn1N)C(=O)NC1CCCc2ccccc21. The number of hydrogen-bond donors (Lipinski definition) is 2. The van der Waals surface area contributed by atoms with Crippen molar-refractivity contribution in [2.45, 2.75) is 42.6 Å². The van der Waals surface area contributed by atoms with Crippen LogP contribution in [0.25, 0.3) is 11.3 Å². The fourth-order valence-electron chi connectivity index (χ4n) is 3.62. The molecule has 1 amide bonds. The lowest BCUT2D eigenvalue weighted by atomic mass is 9.88. The van der Waals surface area contributed by atoms with Gasteiger partial charge in [0, 0.05) is 5.56 Å². The topological polar surface area (TPSA) is 72.9 Å². The number of benzene rings is 2. The highest BCUT2D eigenvalue weighted by molar-refractivity contribution is 8.00. The van der Waals surface area contributed by atoms with Crippen molar-refractivity contribution in [3.8, 4) is 11.3 Å². The molecule has 0 fully saturated rings. The first-order chi connectivity index (χ1) is 13.6. The average molecular weight is 393 g/mol. The summed E-state index contributed by atoms with van der Waals surface area (Å²) in [5, 5.41) is 3.56. The number of carbonyl (C=O) groups is 1. The van der Waals surface area contributed by atoms with E-state index < -0.39 is 0 Å². The first-order valence-electron chi connectivity index (χ1n) is 9.56. The summed E-state index contributed by atoms with van der Waals surface area (Å²) in [4.78, 5) is 17.4. The fraction of sp³-hybridized carbons (Fsp3) is 0.273. The molecular weight excluding hydrogens is 368 g/mol. The number of carbonyl (C=O) groups excluding carboxylic acids is 1. The molecule has 4 rings (SSSR count). The summed E-state index contributed by atoms with van der Waals surface area (Å²) in [6.07, 6.45) is 4.94. The van der Waals surface area contributed by atoms with Gasteiger partial charge in [-0.15, -0.1) is 0 Å². The van der Waals surface area contributed by atoms with Crippen molar-refractivity contribution < 1.29 is 4.79 Å². The normalized spacial score (nSPS) is 17.0. The molecule has 0 bridgehead atoms. The number of imidazole rings is 1. The van der Waals surface area contributed by atoms with Gasteiger partial charge in [-0.2, -0.15) is 0 Å². The predicted molar refractivity (Wildman–Crippen MR) is 113 cm³/mol. The van der Waals surface area contributed by atoms with Gasteiger partial charge in [-0.25, -0.2) is 9.66 Å². The van der Waals surface area contributed by atoms with Crippen LogP contribution in [0.2, 0.25) is 0 Å². The number of rotatable bonds is 5. The van der Waals surface area contributed by atoms with E-state index in [1.54, 1.807) is 6.20 Å². The molecule has 1 heterocycles. The number of aryl methyl sites for hydroxylation is 1. The van der Waals surface area contributed by atoms with Crippen molar-refractivity contribution in [2.24, 2.45) is 0 Å². The Kier molecular flexibility index (Phi) is 5.39. The third-order valence-electron chi connectivity index (χ3n) is 5.11. The van der Waals surface area contributed by atoms with Crippen molar-refractivity contribution in [2.75, 3.05) is 5.84 Å². The van der Waals surface area contributed by atoms with Crippen molar-refractivity contribution in [1.82, 2.24) is 15.0 Å². The van der Waals surface area contributed by atoms with Crippen LogP contribution in [-0.4, -0.2) is 20.8 Å². The van der Waals surface area contributed by atoms with Crippen molar-refractivity contribution >= 4 is 17.7 Å². The van der Waals surface area contributed by atoms with E-state index in [1.807, 2.05) is 43.3 Å². The second-order valence-electron chi connectivity index (χ2n) is 7.09. The number of hydrogen-bond acceptors (Lipinski definition) is 4. The summed E-state index contributed by atoms with van der Waals surface area (Å²) in [7, 11) is 0. The molecule has 1 aromatic heterocycles. The van der Waals surface area contributed by atoms with Crippen LogP contribution in [0.3, 0.4) is 0 Å². The molecule has 3 aromatic rings. The summed E-state index contributed by atoms with van der Waals surface area (Å²) in [6.45, 7) is 1.89. The summed E-state index contributed by atoms with van der Waals surface area (Å²) in [5.74, 6) is 6.09. The molecule has 0 saturated heterocycles. The lowest BCUT2D eigenvalue weighted by molar-refractivity contribution is -0.121. The maximum absolute atomic E-state index is 12.8. The molecule has 2 unspecified atom stereocenters. The fourth-order valence-corrected chi connectivity index (χ4v) is 4.43. The number of nitrogens with two attached hydrogens (primary N) is 1. The Bertz CT molecular complexity index is 970. The zero-order chi connectivity index (χ0) is 19.5. The van der Waals surface area contributed by atoms with E-state index in [1.165, 1.54) is 27.6 Å². The Balaban J connectivity index is 1.44. The van der Waals surface area contributed by atoms with E-state index in [0.717, 1.165) is 30.5 Å². The van der Waals surface area contributed by atoms with Gasteiger partial charge in [0.1, 0.15) is 0 Å². The lowest BCUT2D eigenvalue weighted by Gasteiger charge is -2.27. The summed E-state index contributed by atoms with van der Waals surface area (Å²) in [5.41, 5.74) is 4.39. The van der Waals surface area contributed by atoms with Gasteiger partial charge in [0.25, 0.3) is 0 Å². The average Bonchev–Trinajstić information content (AvgIpc) is 3.09. The third kappa shape index (κ3) is 3.92. The van der Waals surface area contributed by atoms with Crippen molar-refractivity contribution in [3.63, 3.8) is 0 Å². The Morgan fingerprint density at radius 2 is 1.96 bits per heavy atom. The summed E-state index contributed by atoms with van der Waals surface area (Å²) in [6, 6.07) is 18.3. The molecule has 28 heavy (non-hydrogen) atoms. The van der Waals surface area contributed by atoms with Gasteiger partial charge >= 0.3 is 0 Å². The molecule has 2 aromatic carbocycles. The van der Waals surface area contributed by atoms with Crippen molar-refractivity contribution in [1.29, 1.82) is 0 Å². The summed E-state index contributed by atoms with van der Waals surface area (Å²) < 4.78 is 1.49. The first-order valence-corrected chi connectivity index (χ1v) is 10.4. The lowest BCUT2D eigenvalue weighted by Crippen LogP contribution is -2.36. The maximum atomic E-state index is 12.8. The van der Waals surface area contributed by atoms with E-state index in [4.69, 9.17) is 5.84 Å². The largest absolute Gasteiger partial charge is 0.348 e. The van der Waals surface area contributed by atoms with E-state index in [2.05, 4.69) is 28.5 Å². The maximum Gasteiger partial charge on any atom is 0.233 e. The minimum absolute atomic E-state index is 0.0102. The Hall–Kier alpha value is -2.73. The van der Waals surface area contributed by atoms with Gasteiger partial charge in [-0.1, -0.05) is 66.4 Å². The van der Waals surface area contributed by atoms with Crippen molar-refractivity contribution in [3.05, 3.63) is 71.9 Å². The predicted octanol–water partition coefficient (Wildman–Crippen LogP) is 3.94. The van der Waals surface area contributed by atoms with E-state index in [-0.39, 0.29) is 17.2 Å². The Morgan fingerprint density at radius 3 is 2.79 bits per heavy atom. The van der Waals surface area contributed by atoms with Gasteiger partial charge < -0.3 is 11.2 Å². The molecule has 2 atom stereocenters. The minimum Gasteiger partial charge on any atom is -0.348 e. The molecule has 6 heteroatoms. The Labute approximate surface area is 169 Å². The number of aromatic nitrogens is 2. The molecular formula is C22H24N4OS. The highest BCUT2D eigenvalue weighted by Crippen LogP contribution is 2.31. The highest BCUT2D eigenvalue weighted by atomic mass is 32.2. The molecule has 3 N–H and O–H groups in total. The molecule has 1 aliphatic carbocycles. The van der Waals surface area contributed by atoms with Gasteiger partial charge in [-0.05, 0) is 37.3 Å². The van der Waals surface area contributed by atoms with E-state index in [9.17, 15) is 4.79 Å². The second kappa shape index (κ2) is 8.10. The van der Waals surface area contributed by atoms with Crippen LogP contribution in [0.1, 0.15) is 36.9 Å². The second-order valence-corrected chi connectivity index (χ2v) is 8.40. The Morgan fingerprint density at radius 1 is 1.21 bits per heavy atom. The van der Waals surface area contributed by atoms with Gasteiger partial charge in [-0.3, -0.25) is 4.79 Å². The number of nitrogens with zero attached hydrogens (tertiary/aromatic N) is 2. The standard InChI is InChI=1S/C22H24N4OS/c1-15(21(27)24-19-13-7-11-16-8-5-6-12-18(16)19)28-22-25-20(14-26(22)23)17-9-3-2-4-10-17/h2-6,8-10,12,14-15,19H,7,11,13,23H2,1H3,(H,24,27). The molecule has 0 aliphatic heterocycles. The van der Waals surface area contributed by atoms with Crippen LogP contribution >= 0.6 is 11.8 Å². The number of fused-ring (bicyclic) bond motifs is 1. The van der Waals surface area contributed by atoms with Crippen LogP contribution in [-0.2, 0) is 11.2 Å². The third-order valence-corrected chi connectivity index (χ3v) is 6.19. The molecule has 1 aliphatic rings. The first kappa shape index (κ1) is 18.6. The van der Waals surface area contributed by atoms with Gasteiger partial charge in [0.15, 0.2) is 5.16 Å². The summed E-state index contributed by atoms with van der Waals surface area (Å²) >= 11 is 1.38. The number of thioether (sulfide) groups is 1. The van der Waals surface area contributed by atoms with Crippen LogP contribution < -0.4 is 11.2 Å². The van der Waals surface area contributed by atoms with E-state index >= 15 is 0 Å². The zero-order valence-electron chi connectivity index (χ0n) is 15.8. The smallest absolute Gasteiger partial charge is 0.233 e. The molecule has 0 spiro atoms. The van der Waals surface area contributed by atoms with Crippen LogP contribution in [0.4, 0.5) is 0 Å². The molecule has 5 nitrogen and oxygen atoms in total. The molecule has 144 valence electrons. The monoisotopic (exact) mass is 392 g/mol. The number of nitrogens with one attached hydrogen (secondary N) is 1. The zero-order valence-corrected chi connectivity index (χ0v) is 16.7. The van der Waals surface area contributed by atoms with Crippen LogP contribution in [0.5, 0.6) is 0 Å².